The average molecular weight is 254 g/mol. The summed E-state index contributed by atoms with van der Waals surface area (Å²) in [5.41, 5.74) is 0. The van der Waals surface area contributed by atoms with Crippen LogP contribution in [0.4, 0.5) is 4.79 Å². The van der Waals surface area contributed by atoms with Crippen LogP contribution in [-0.4, -0.2) is 47.0 Å². The first kappa shape index (κ1) is 11.9. The summed E-state index contributed by atoms with van der Waals surface area (Å²) in [6.07, 6.45) is -0.00323. The summed E-state index contributed by atoms with van der Waals surface area (Å²) in [5.74, 6) is -0.875. The zero-order chi connectivity index (χ0) is 12.4. The highest BCUT2D eigenvalue weighted by molar-refractivity contribution is 7.10. The Hall–Kier alpha value is -1.56. The second kappa shape index (κ2) is 4.75. The molecule has 1 aliphatic heterocycles. The van der Waals surface area contributed by atoms with Crippen LogP contribution in [-0.2, 0) is 4.79 Å². The Morgan fingerprint density at radius 2 is 2.41 bits per heavy atom. The molecule has 1 saturated heterocycles. The SMILES string of the molecule is CN1C(=O)N(CCC(=O)O)CC1c1cccs1. The predicted octanol–water partition coefficient (Wildman–Crippen LogP) is 1.63. The van der Waals surface area contributed by atoms with Crippen molar-refractivity contribution in [1.29, 1.82) is 0 Å². The lowest BCUT2D eigenvalue weighted by Gasteiger charge is -2.15. The van der Waals surface area contributed by atoms with Crippen LogP contribution in [0.2, 0.25) is 0 Å². The van der Waals surface area contributed by atoms with E-state index in [2.05, 4.69) is 0 Å². The molecule has 17 heavy (non-hydrogen) atoms. The highest BCUT2D eigenvalue weighted by atomic mass is 32.1. The first-order chi connectivity index (χ1) is 8.09. The van der Waals surface area contributed by atoms with Crippen molar-refractivity contribution in [2.45, 2.75) is 12.5 Å². The monoisotopic (exact) mass is 254 g/mol. The number of thiophene rings is 1. The van der Waals surface area contributed by atoms with Crippen LogP contribution in [0.3, 0.4) is 0 Å². The third kappa shape index (κ3) is 2.41. The first-order valence-electron chi connectivity index (χ1n) is 5.36. The van der Waals surface area contributed by atoms with E-state index in [1.165, 1.54) is 0 Å². The molecule has 6 heteroatoms. The normalized spacial score (nSPS) is 20.1. The molecule has 2 heterocycles. The molecule has 0 aliphatic carbocycles. The highest BCUT2D eigenvalue weighted by Crippen LogP contribution is 2.30. The minimum absolute atomic E-state index is 0.00323. The Labute approximate surface area is 103 Å². The van der Waals surface area contributed by atoms with Gasteiger partial charge in [0, 0.05) is 25.0 Å². The summed E-state index contributed by atoms with van der Waals surface area (Å²) in [7, 11) is 1.76. The van der Waals surface area contributed by atoms with Crippen molar-refractivity contribution >= 4 is 23.3 Å². The second-order valence-corrected chi connectivity index (χ2v) is 4.99. The lowest BCUT2D eigenvalue weighted by atomic mass is 10.2. The molecule has 1 unspecified atom stereocenters. The largest absolute Gasteiger partial charge is 0.481 e. The van der Waals surface area contributed by atoms with Gasteiger partial charge >= 0.3 is 12.0 Å². The van der Waals surface area contributed by atoms with E-state index in [4.69, 9.17) is 5.11 Å². The molecular formula is C11H14N2O3S. The number of carboxylic acids is 1. The summed E-state index contributed by atoms with van der Waals surface area (Å²) >= 11 is 1.62. The molecule has 2 amide bonds. The van der Waals surface area contributed by atoms with Gasteiger partial charge in [0.2, 0.25) is 0 Å². The molecule has 1 atom stereocenters. The topological polar surface area (TPSA) is 60.9 Å². The number of hydrogen-bond acceptors (Lipinski definition) is 3. The van der Waals surface area contributed by atoms with Crippen molar-refractivity contribution in [2.24, 2.45) is 0 Å². The Morgan fingerprint density at radius 3 is 3.00 bits per heavy atom. The number of carbonyl (C=O) groups is 2. The number of carbonyl (C=O) groups excluding carboxylic acids is 1. The van der Waals surface area contributed by atoms with Crippen molar-refractivity contribution in [3.05, 3.63) is 22.4 Å². The fourth-order valence-electron chi connectivity index (χ4n) is 1.94. The van der Waals surface area contributed by atoms with E-state index in [-0.39, 0.29) is 25.0 Å². The van der Waals surface area contributed by atoms with Crippen LogP contribution in [0.5, 0.6) is 0 Å². The van der Waals surface area contributed by atoms with Gasteiger partial charge in [-0.05, 0) is 11.4 Å². The van der Waals surface area contributed by atoms with Gasteiger partial charge in [-0.25, -0.2) is 4.79 Å². The zero-order valence-corrected chi connectivity index (χ0v) is 10.3. The molecule has 0 saturated carbocycles. The number of amides is 2. The fraction of sp³-hybridized carbons (Fsp3) is 0.455. The molecule has 0 bridgehead atoms. The lowest BCUT2D eigenvalue weighted by Crippen LogP contribution is -2.31. The van der Waals surface area contributed by atoms with Crippen LogP contribution >= 0.6 is 11.3 Å². The summed E-state index contributed by atoms with van der Waals surface area (Å²) < 4.78 is 0. The molecule has 1 aromatic rings. The number of urea groups is 1. The van der Waals surface area contributed by atoms with Gasteiger partial charge < -0.3 is 14.9 Å². The van der Waals surface area contributed by atoms with Gasteiger partial charge in [0.1, 0.15) is 0 Å². The van der Waals surface area contributed by atoms with Gasteiger partial charge in [-0.15, -0.1) is 11.3 Å². The van der Waals surface area contributed by atoms with E-state index < -0.39 is 5.97 Å². The van der Waals surface area contributed by atoms with Gasteiger partial charge in [0.15, 0.2) is 0 Å². The number of rotatable bonds is 4. The molecule has 1 aliphatic rings. The van der Waals surface area contributed by atoms with Gasteiger partial charge in [0.05, 0.1) is 12.5 Å². The van der Waals surface area contributed by atoms with E-state index >= 15 is 0 Å². The highest BCUT2D eigenvalue weighted by Gasteiger charge is 2.35. The minimum Gasteiger partial charge on any atom is -0.481 e. The maximum atomic E-state index is 11.9. The molecule has 5 nitrogen and oxygen atoms in total. The number of hydrogen-bond donors (Lipinski definition) is 1. The third-order valence-corrected chi connectivity index (χ3v) is 3.87. The van der Waals surface area contributed by atoms with Gasteiger partial charge in [-0.3, -0.25) is 4.79 Å². The fourth-order valence-corrected chi connectivity index (χ4v) is 2.81. The number of likely N-dealkylation sites (N-methyl/N-ethyl adjacent to an activating group) is 1. The standard InChI is InChI=1S/C11H14N2O3S/c1-12-8(9-3-2-6-17-9)7-13(11(12)16)5-4-10(14)15/h2-3,6,8H,4-5,7H2,1H3,(H,14,15). The molecule has 1 aromatic heterocycles. The average Bonchev–Trinajstić information content (AvgIpc) is 2.88. The first-order valence-corrected chi connectivity index (χ1v) is 6.24. The molecule has 92 valence electrons. The Kier molecular flexibility index (Phi) is 3.33. The molecule has 0 aromatic carbocycles. The van der Waals surface area contributed by atoms with Gasteiger partial charge in [-0.2, -0.15) is 0 Å². The third-order valence-electron chi connectivity index (χ3n) is 2.90. The van der Waals surface area contributed by atoms with E-state index in [9.17, 15) is 9.59 Å². The van der Waals surface area contributed by atoms with Crippen molar-refractivity contribution in [3.63, 3.8) is 0 Å². The zero-order valence-electron chi connectivity index (χ0n) is 9.50. The van der Waals surface area contributed by atoms with E-state index in [0.29, 0.717) is 6.54 Å². The molecule has 1 N–H and O–H groups in total. The molecule has 1 fully saturated rings. The minimum atomic E-state index is -0.875. The van der Waals surface area contributed by atoms with Gasteiger partial charge in [-0.1, -0.05) is 6.07 Å². The number of nitrogens with zero attached hydrogens (tertiary/aromatic N) is 2. The van der Waals surface area contributed by atoms with Crippen LogP contribution < -0.4 is 0 Å². The Balaban J connectivity index is 2.04. The van der Waals surface area contributed by atoms with Crippen LogP contribution in [0, 0.1) is 0 Å². The summed E-state index contributed by atoms with van der Waals surface area (Å²) in [5, 5.41) is 10.6. The molecule has 0 radical (unpaired) electrons. The summed E-state index contributed by atoms with van der Waals surface area (Å²) in [6, 6.07) is 3.92. The van der Waals surface area contributed by atoms with Gasteiger partial charge in [0.25, 0.3) is 0 Å². The predicted molar refractivity (Wildman–Crippen MR) is 64.0 cm³/mol. The van der Waals surface area contributed by atoms with E-state index in [1.54, 1.807) is 28.2 Å². The quantitative estimate of drug-likeness (QED) is 0.888. The Bertz CT molecular complexity index is 418. The van der Waals surface area contributed by atoms with Crippen LogP contribution in [0.15, 0.2) is 17.5 Å². The Morgan fingerprint density at radius 1 is 1.65 bits per heavy atom. The maximum Gasteiger partial charge on any atom is 0.320 e. The molecule has 2 rings (SSSR count). The van der Waals surface area contributed by atoms with Crippen LogP contribution in [0.1, 0.15) is 17.3 Å². The number of carboxylic acid groups (broad SMARTS) is 1. The van der Waals surface area contributed by atoms with Crippen molar-refractivity contribution < 1.29 is 14.7 Å². The van der Waals surface area contributed by atoms with Crippen molar-refractivity contribution in [1.82, 2.24) is 9.80 Å². The second-order valence-electron chi connectivity index (χ2n) is 4.01. The number of aliphatic carboxylic acids is 1. The van der Waals surface area contributed by atoms with Crippen LogP contribution in [0.25, 0.3) is 0 Å². The smallest absolute Gasteiger partial charge is 0.320 e. The summed E-state index contributed by atoms with van der Waals surface area (Å²) in [6.45, 7) is 0.851. The molecular weight excluding hydrogens is 240 g/mol. The summed E-state index contributed by atoms with van der Waals surface area (Å²) in [4.78, 5) is 26.8. The van der Waals surface area contributed by atoms with E-state index in [0.717, 1.165) is 4.88 Å². The van der Waals surface area contributed by atoms with Crippen molar-refractivity contribution in [2.75, 3.05) is 20.1 Å². The lowest BCUT2D eigenvalue weighted by molar-refractivity contribution is -0.137. The van der Waals surface area contributed by atoms with E-state index in [1.807, 2.05) is 17.5 Å². The maximum absolute atomic E-state index is 11.9. The molecule has 0 spiro atoms. The van der Waals surface area contributed by atoms with Crippen molar-refractivity contribution in [3.8, 4) is 0 Å².